The molecule has 0 bridgehead atoms. The van der Waals surface area contributed by atoms with Crippen molar-refractivity contribution in [1.29, 1.82) is 0 Å². The molecule has 1 aliphatic rings. The number of piperidine rings is 1. The number of amides is 1. The Morgan fingerprint density at radius 3 is 3.10 bits per heavy atom. The number of fused-ring (bicyclic) bond motifs is 1. The molecular formula is C16H21N3OS. The number of nitrogens with one attached hydrogen (secondary N) is 1. The number of imidazole rings is 1. The first kappa shape index (κ1) is 14.4. The number of carbonyl (C=O) groups excluding carboxylic acids is 1. The molecule has 2 heterocycles. The van der Waals surface area contributed by atoms with Gasteiger partial charge in [0.15, 0.2) is 5.16 Å². The number of para-hydroxylation sites is 2. The van der Waals surface area contributed by atoms with Gasteiger partial charge < -0.3 is 9.88 Å². The molecule has 1 aliphatic heterocycles. The number of rotatable bonds is 4. The van der Waals surface area contributed by atoms with Crippen molar-refractivity contribution in [2.45, 2.75) is 43.8 Å². The van der Waals surface area contributed by atoms with Crippen molar-refractivity contribution in [3.8, 4) is 0 Å². The van der Waals surface area contributed by atoms with E-state index in [0.29, 0.717) is 11.8 Å². The molecule has 0 aliphatic carbocycles. The fraction of sp³-hybridized carbons (Fsp3) is 0.500. The Morgan fingerprint density at radius 1 is 1.43 bits per heavy atom. The molecule has 1 aromatic carbocycles. The van der Waals surface area contributed by atoms with Crippen molar-refractivity contribution < 1.29 is 4.79 Å². The predicted molar refractivity (Wildman–Crippen MR) is 86.5 cm³/mol. The molecule has 21 heavy (non-hydrogen) atoms. The van der Waals surface area contributed by atoms with E-state index in [9.17, 15) is 4.79 Å². The maximum absolute atomic E-state index is 12.4. The first-order valence-corrected chi connectivity index (χ1v) is 8.63. The molecular weight excluding hydrogens is 282 g/mol. The minimum atomic E-state index is 0.243. The summed E-state index contributed by atoms with van der Waals surface area (Å²) < 4.78 is 0. The summed E-state index contributed by atoms with van der Waals surface area (Å²) in [6, 6.07) is 8.38. The van der Waals surface area contributed by atoms with Gasteiger partial charge in [0.1, 0.15) is 0 Å². The van der Waals surface area contributed by atoms with Crippen LogP contribution >= 0.6 is 11.8 Å². The number of benzene rings is 1. The van der Waals surface area contributed by atoms with E-state index in [1.807, 2.05) is 24.3 Å². The summed E-state index contributed by atoms with van der Waals surface area (Å²) in [5, 5.41) is 0.828. The zero-order chi connectivity index (χ0) is 14.7. The van der Waals surface area contributed by atoms with Gasteiger partial charge in [-0.1, -0.05) is 30.8 Å². The fourth-order valence-electron chi connectivity index (χ4n) is 2.96. The van der Waals surface area contributed by atoms with E-state index in [-0.39, 0.29) is 5.91 Å². The molecule has 1 aromatic heterocycles. The van der Waals surface area contributed by atoms with E-state index >= 15 is 0 Å². The maximum atomic E-state index is 12.4. The van der Waals surface area contributed by atoms with E-state index in [0.717, 1.165) is 42.0 Å². The van der Waals surface area contributed by atoms with Crippen LogP contribution in [0.1, 0.15) is 32.6 Å². The van der Waals surface area contributed by atoms with E-state index in [2.05, 4.69) is 21.8 Å². The number of aromatic nitrogens is 2. The highest BCUT2D eigenvalue weighted by atomic mass is 32.2. The Bertz CT molecular complexity index is 592. The van der Waals surface area contributed by atoms with Crippen LogP contribution in [0, 0.1) is 0 Å². The number of likely N-dealkylation sites (tertiary alicyclic amines) is 1. The lowest BCUT2D eigenvalue weighted by atomic mass is 10.0. The summed E-state index contributed by atoms with van der Waals surface area (Å²) in [6.45, 7) is 3.08. The van der Waals surface area contributed by atoms with Gasteiger partial charge in [0.05, 0.1) is 16.8 Å². The Hall–Kier alpha value is -1.49. The first-order chi connectivity index (χ1) is 10.3. The van der Waals surface area contributed by atoms with Crippen molar-refractivity contribution in [2.24, 2.45) is 0 Å². The van der Waals surface area contributed by atoms with Crippen LogP contribution in [0.15, 0.2) is 29.4 Å². The van der Waals surface area contributed by atoms with Crippen LogP contribution < -0.4 is 0 Å². The lowest BCUT2D eigenvalue weighted by Gasteiger charge is -2.35. The Balaban J connectivity index is 1.62. The maximum Gasteiger partial charge on any atom is 0.233 e. The summed E-state index contributed by atoms with van der Waals surface area (Å²) in [4.78, 5) is 22.3. The minimum Gasteiger partial charge on any atom is -0.339 e. The Morgan fingerprint density at radius 2 is 2.29 bits per heavy atom. The molecule has 0 unspecified atom stereocenters. The third-order valence-corrected chi connectivity index (χ3v) is 4.98. The van der Waals surface area contributed by atoms with Crippen molar-refractivity contribution in [2.75, 3.05) is 12.3 Å². The molecule has 0 radical (unpaired) electrons. The highest BCUT2D eigenvalue weighted by Crippen LogP contribution is 2.23. The second kappa shape index (κ2) is 6.52. The second-order valence-corrected chi connectivity index (χ2v) is 6.46. The zero-order valence-corrected chi connectivity index (χ0v) is 13.2. The summed E-state index contributed by atoms with van der Waals surface area (Å²) in [7, 11) is 0. The van der Waals surface area contributed by atoms with Crippen LogP contribution in [0.3, 0.4) is 0 Å². The molecule has 4 nitrogen and oxygen atoms in total. The minimum absolute atomic E-state index is 0.243. The van der Waals surface area contributed by atoms with Gasteiger partial charge in [0, 0.05) is 12.6 Å². The normalized spacial score (nSPS) is 19.1. The van der Waals surface area contributed by atoms with E-state index in [1.165, 1.54) is 18.2 Å². The SMILES string of the molecule is CC[C@H]1CCCCN1C(=O)CSc1nc2ccccc2[nH]1. The van der Waals surface area contributed by atoms with Crippen molar-refractivity contribution in [3.63, 3.8) is 0 Å². The molecule has 2 aromatic rings. The second-order valence-electron chi connectivity index (χ2n) is 5.49. The van der Waals surface area contributed by atoms with Crippen LogP contribution in [0.25, 0.3) is 11.0 Å². The summed E-state index contributed by atoms with van der Waals surface area (Å²) in [5.41, 5.74) is 1.98. The topological polar surface area (TPSA) is 49.0 Å². The molecule has 3 rings (SSSR count). The summed E-state index contributed by atoms with van der Waals surface area (Å²) >= 11 is 1.50. The van der Waals surface area contributed by atoms with E-state index in [1.54, 1.807) is 0 Å². The molecule has 1 N–H and O–H groups in total. The first-order valence-electron chi connectivity index (χ1n) is 7.65. The summed E-state index contributed by atoms with van der Waals surface area (Å²) in [5.74, 6) is 0.711. The average Bonchev–Trinajstić information content (AvgIpc) is 2.95. The Kier molecular flexibility index (Phi) is 4.48. The van der Waals surface area contributed by atoms with Crippen molar-refractivity contribution in [1.82, 2.24) is 14.9 Å². The van der Waals surface area contributed by atoms with E-state index in [4.69, 9.17) is 0 Å². The quantitative estimate of drug-likeness (QED) is 0.880. The zero-order valence-electron chi connectivity index (χ0n) is 12.3. The summed E-state index contributed by atoms with van der Waals surface area (Å²) in [6.07, 6.45) is 4.59. The van der Waals surface area contributed by atoms with Crippen LogP contribution in [0.4, 0.5) is 0 Å². The Labute approximate surface area is 129 Å². The molecule has 1 atom stereocenters. The van der Waals surface area contributed by atoms with Crippen molar-refractivity contribution >= 4 is 28.7 Å². The monoisotopic (exact) mass is 303 g/mol. The van der Waals surface area contributed by atoms with Gasteiger partial charge in [0.2, 0.25) is 5.91 Å². The van der Waals surface area contributed by atoms with Crippen LogP contribution in [-0.4, -0.2) is 39.1 Å². The van der Waals surface area contributed by atoms with Crippen LogP contribution in [0.2, 0.25) is 0 Å². The highest BCUT2D eigenvalue weighted by molar-refractivity contribution is 7.99. The highest BCUT2D eigenvalue weighted by Gasteiger charge is 2.25. The standard InChI is InChI=1S/C16H21N3OS/c1-2-12-7-5-6-10-19(12)15(20)11-21-16-17-13-8-3-4-9-14(13)18-16/h3-4,8-9,12H,2,5-7,10-11H2,1H3,(H,17,18)/t12-/m0/s1. The van der Waals surface area contributed by atoms with Gasteiger partial charge in [-0.05, 0) is 37.8 Å². The molecule has 5 heteroatoms. The number of hydrogen-bond acceptors (Lipinski definition) is 3. The molecule has 1 amide bonds. The van der Waals surface area contributed by atoms with Crippen molar-refractivity contribution in [3.05, 3.63) is 24.3 Å². The van der Waals surface area contributed by atoms with Gasteiger partial charge in [-0.25, -0.2) is 4.98 Å². The molecule has 1 saturated heterocycles. The number of aromatic amines is 1. The lowest BCUT2D eigenvalue weighted by Crippen LogP contribution is -2.44. The largest absolute Gasteiger partial charge is 0.339 e. The molecule has 1 fully saturated rings. The van der Waals surface area contributed by atoms with Crippen LogP contribution in [-0.2, 0) is 4.79 Å². The van der Waals surface area contributed by atoms with Crippen LogP contribution in [0.5, 0.6) is 0 Å². The van der Waals surface area contributed by atoms with Gasteiger partial charge >= 0.3 is 0 Å². The lowest BCUT2D eigenvalue weighted by molar-refractivity contribution is -0.132. The number of H-pyrrole nitrogens is 1. The number of carbonyl (C=O) groups is 1. The smallest absolute Gasteiger partial charge is 0.233 e. The fourth-order valence-corrected chi connectivity index (χ4v) is 3.74. The third kappa shape index (κ3) is 3.23. The van der Waals surface area contributed by atoms with Gasteiger partial charge in [-0.2, -0.15) is 0 Å². The molecule has 0 saturated carbocycles. The predicted octanol–water partition coefficient (Wildman–Crippen LogP) is 3.45. The average molecular weight is 303 g/mol. The third-order valence-electron chi connectivity index (χ3n) is 4.12. The van der Waals surface area contributed by atoms with Gasteiger partial charge in [-0.3, -0.25) is 4.79 Å². The van der Waals surface area contributed by atoms with Gasteiger partial charge in [0.25, 0.3) is 0 Å². The van der Waals surface area contributed by atoms with Gasteiger partial charge in [-0.15, -0.1) is 0 Å². The number of nitrogens with zero attached hydrogens (tertiary/aromatic N) is 2. The van der Waals surface area contributed by atoms with E-state index < -0.39 is 0 Å². The molecule has 112 valence electrons. The molecule has 0 spiro atoms. The number of thioether (sulfide) groups is 1. The number of hydrogen-bond donors (Lipinski definition) is 1.